The Morgan fingerprint density at radius 3 is 2.59 bits per heavy atom. The smallest absolute Gasteiger partial charge is 0.329 e. The lowest BCUT2D eigenvalue weighted by Crippen LogP contribution is -2.56. The van der Waals surface area contributed by atoms with Crippen molar-refractivity contribution in [3.63, 3.8) is 0 Å². The molecule has 4 nitrogen and oxygen atoms in total. The molecule has 0 unspecified atom stereocenters. The summed E-state index contributed by atoms with van der Waals surface area (Å²) in [6.45, 7) is 0. The van der Waals surface area contributed by atoms with Crippen LogP contribution in [0.1, 0.15) is 52.2 Å². The largest absolute Gasteiger partial charge is 0.480 e. The van der Waals surface area contributed by atoms with Crippen LogP contribution in [-0.2, 0) is 17.6 Å². The van der Waals surface area contributed by atoms with Gasteiger partial charge >= 0.3 is 5.97 Å². The Balaban J connectivity index is 1.77. The van der Waals surface area contributed by atoms with Crippen molar-refractivity contribution < 1.29 is 14.7 Å². The first-order valence-electron chi connectivity index (χ1n) is 7.86. The minimum Gasteiger partial charge on any atom is -0.480 e. The fourth-order valence-corrected chi connectivity index (χ4v) is 5.51. The Labute approximate surface area is 138 Å². The Morgan fingerprint density at radius 1 is 1.14 bits per heavy atom. The minimum absolute atomic E-state index is 0.215. The number of carboxylic acid groups (broad SMARTS) is 1. The van der Waals surface area contributed by atoms with Crippen LogP contribution in [-0.4, -0.2) is 34.0 Å². The van der Waals surface area contributed by atoms with Crippen LogP contribution in [0.25, 0.3) is 0 Å². The van der Waals surface area contributed by atoms with E-state index in [1.54, 1.807) is 23.1 Å². The standard InChI is InChI=1S/C16H21NO3S2/c18-14(17-16(15(19)20)6-8-21-9-7-16)13-10-11-4-2-1-3-5-12(11)22-13/h10H,1-9H2,(H,17,18)(H,19,20). The maximum atomic E-state index is 12.6. The van der Waals surface area contributed by atoms with Gasteiger partial charge in [-0.05, 0) is 61.7 Å². The SMILES string of the molecule is O=C(NC1(C(=O)O)CCSCC1)c1cc2c(s1)CCCCC2. The third-order valence-electron chi connectivity index (χ3n) is 4.58. The highest BCUT2D eigenvalue weighted by molar-refractivity contribution is 7.99. The summed E-state index contributed by atoms with van der Waals surface area (Å²) in [7, 11) is 0. The zero-order valence-corrected chi connectivity index (χ0v) is 14.2. The Bertz CT molecular complexity index is 552. The summed E-state index contributed by atoms with van der Waals surface area (Å²) < 4.78 is 0. The van der Waals surface area contributed by atoms with Gasteiger partial charge in [0.15, 0.2) is 0 Å². The molecule has 0 bridgehead atoms. The van der Waals surface area contributed by atoms with Gasteiger partial charge in [-0.25, -0.2) is 4.79 Å². The predicted molar refractivity (Wildman–Crippen MR) is 90.0 cm³/mol. The van der Waals surface area contributed by atoms with Crippen molar-refractivity contribution in [1.82, 2.24) is 5.32 Å². The van der Waals surface area contributed by atoms with Crippen LogP contribution in [0.4, 0.5) is 0 Å². The van der Waals surface area contributed by atoms with E-state index >= 15 is 0 Å². The molecule has 1 aliphatic carbocycles. The van der Waals surface area contributed by atoms with E-state index in [9.17, 15) is 14.7 Å². The lowest BCUT2D eigenvalue weighted by atomic mass is 9.92. The van der Waals surface area contributed by atoms with Crippen molar-refractivity contribution in [1.29, 1.82) is 0 Å². The average molecular weight is 339 g/mol. The molecule has 1 aromatic heterocycles. The number of aryl methyl sites for hydroxylation is 2. The number of nitrogens with one attached hydrogen (secondary N) is 1. The predicted octanol–water partition coefficient (Wildman–Crippen LogP) is 3.10. The highest BCUT2D eigenvalue weighted by Crippen LogP contribution is 2.31. The molecule has 6 heteroatoms. The van der Waals surface area contributed by atoms with E-state index in [4.69, 9.17) is 0 Å². The normalized spacial score (nSPS) is 20.7. The molecule has 3 rings (SSSR count). The lowest BCUT2D eigenvalue weighted by molar-refractivity contribution is -0.144. The number of carbonyl (C=O) groups excluding carboxylic acids is 1. The molecule has 0 radical (unpaired) electrons. The number of hydrogen-bond donors (Lipinski definition) is 2. The van der Waals surface area contributed by atoms with E-state index in [0.29, 0.717) is 17.7 Å². The Kier molecular flexibility index (Phi) is 4.78. The number of rotatable bonds is 3. The van der Waals surface area contributed by atoms with E-state index < -0.39 is 11.5 Å². The molecule has 2 N–H and O–H groups in total. The first-order chi connectivity index (χ1) is 10.6. The molecule has 22 heavy (non-hydrogen) atoms. The van der Waals surface area contributed by atoms with Crippen LogP contribution in [0.2, 0.25) is 0 Å². The zero-order valence-electron chi connectivity index (χ0n) is 12.5. The van der Waals surface area contributed by atoms with E-state index in [2.05, 4.69) is 5.32 Å². The van der Waals surface area contributed by atoms with Crippen molar-refractivity contribution in [3.8, 4) is 0 Å². The monoisotopic (exact) mass is 339 g/mol. The first kappa shape index (κ1) is 15.9. The molecule has 1 amide bonds. The molecular weight excluding hydrogens is 318 g/mol. The van der Waals surface area contributed by atoms with Crippen LogP contribution in [0.3, 0.4) is 0 Å². The molecule has 120 valence electrons. The molecule has 0 atom stereocenters. The summed E-state index contributed by atoms with van der Waals surface area (Å²) in [5.41, 5.74) is 0.209. The molecule has 2 aliphatic rings. The molecule has 1 fully saturated rings. The number of hydrogen-bond acceptors (Lipinski definition) is 4. The molecule has 2 heterocycles. The molecule has 0 saturated carbocycles. The number of carboxylic acids is 1. The van der Waals surface area contributed by atoms with Gasteiger partial charge in [-0.1, -0.05) is 6.42 Å². The fraction of sp³-hybridized carbons (Fsp3) is 0.625. The van der Waals surface area contributed by atoms with E-state index in [1.165, 1.54) is 29.7 Å². The molecule has 1 saturated heterocycles. The van der Waals surface area contributed by atoms with Crippen molar-refractivity contribution >= 4 is 35.0 Å². The molecule has 1 aromatic rings. The first-order valence-corrected chi connectivity index (χ1v) is 9.83. The fourth-order valence-electron chi connectivity index (χ4n) is 3.17. The number of carbonyl (C=O) groups is 2. The number of amides is 1. The van der Waals surface area contributed by atoms with E-state index in [1.807, 2.05) is 6.07 Å². The van der Waals surface area contributed by atoms with Gasteiger partial charge in [-0.15, -0.1) is 11.3 Å². The number of thiophene rings is 1. The third-order valence-corrected chi connectivity index (χ3v) is 6.80. The van der Waals surface area contributed by atoms with Crippen LogP contribution in [0.5, 0.6) is 0 Å². The highest BCUT2D eigenvalue weighted by Gasteiger charge is 2.41. The Morgan fingerprint density at radius 2 is 1.86 bits per heavy atom. The summed E-state index contributed by atoms with van der Waals surface area (Å²) >= 11 is 3.30. The van der Waals surface area contributed by atoms with Gasteiger partial charge in [0.25, 0.3) is 5.91 Å². The molecular formula is C16H21NO3S2. The Hall–Kier alpha value is -1.01. The van der Waals surface area contributed by atoms with Gasteiger partial charge in [-0.3, -0.25) is 4.79 Å². The molecule has 0 spiro atoms. The number of thioether (sulfide) groups is 1. The van der Waals surface area contributed by atoms with Crippen molar-refractivity contribution in [3.05, 3.63) is 21.4 Å². The summed E-state index contributed by atoms with van der Waals surface area (Å²) in [4.78, 5) is 26.2. The number of fused-ring (bicyclic) bond motifs is 1. The van der Waals surface area contributed by atoms with E-state index in [-0.39, 0.29) is 5.91 Å². The maximum Gasteiger partial charge on any atom is 0.329 e. The van der Waals surface area contributed by atoms with Crippen LogP contribution in [0.15, 0.2) is 6.07 Å². The van der Waals surface area contributed by atoms with Gasteiger partial charge < -0.3 is 10.4 Å². The van der Waals surface area contributed by atoms with Crippen molar-refractivity contribution in [2.45, 2.75) is 50.5 Å². The summed E-state index contributed by atoms with van der Waals surface area (Å²) in [5.74, 6) is 0.452. The van der Waals surface area contributed by atoms with Crippen LogP contribution < -0.4 is 5.32 Å². The van der Waals surface area contributed by atoms with Gasteiger partial charge in [0.1, 0.15) is 5.54 Å². The molecule has 1 aliphatic heterocycles. The quantitative estimate of drug-likeness (QED) is 0.831. The van der Waals surface area contributed by atoms with Crippen molar-refractivity contribution in [2.24, 2.45) is 0 Å². The second kappa shape index (κ2) is 6.62. The van der Waals surface area contributed by atoms with Crippen LogP contribution >= 0.6 is 23.1 Å². The topological polar surface area (TPSA) is 66.4 Å². The molecule has 0 aromatic carbocycles. The van der Waals surface area contributed by atoms with Gasteiger partial charge in [0.2, 0.25) is 0 Å². The second-order valence-corrected chi connectivity index (χ2v) is 8.43. The van der Waals surface area contributed by atoms with Gasteiger partial charge in [-0.2, -0.15) is 11.8 Å². The number of aliphatic carboxylic acids is 1. The van der Waals surface area contributed by atoms with Gasteiger partial charge in [0.05, 0.1) is 4.88 Å². The second-order valence-electron chi connectivity index (χ2n) is 6.07. The third kappa shape index (κ3) is 3.18. The summed E-state index contributed by atoms with van der Waals surface area (Å²) in [5, 5.41) is 12.4. The zero-order chi connectivity index (χ0) is 15.6. The van der Waals surface area contributed by atoms with Crippen LogP contribution in [0, 0.1) is 0 Å². The summed E-state index contributed by atoms with van der Waals surface area (Å²) in [6, 6.07) is 1.98. The highest BCUT2D eigenvalue weighted by atomic mass is 32.2. The van der Waals surface area contributed by atoms with Crippen molar-refractivity contribution in [2.75, 3.05) is 11.5 Å². The lowest BCUT2D eigenvalue weighted by Gasteiger charge is -2.33. The van der Waals surface area contributed by atoms with Gasteiger partial charge in [0, 0.05) is 4.88 Å². The average Bonchev–Trinajstić information content (AvgIpc) is 2.79. The summed E-state index contributed by atoms with van der Waals surface area (Å²) in [6.07, 6.45) is 6.72. The maximum absolute atomic E-state index is 12.6. The van der Waals surface area contributed by atoms with E-state index in [0.717, 1.165) is 24.3 Å². The minimum atomic E-state index is -1.08.